The second kappa shape index (κ2) is 4.65. The lowest BCUT2D eigenvalue weighted by molar-refractivity contribution is 0.0248. The van der Waals surface area contributed by atoms with Gasteiger partial charge in [-0.1, -0.05) is 18.2 Å². The predicted molar refractivity (Wildman–Crippen MR) is 58.9 cm³/mol. The molecule has 0 amide bonds. The number of aliphatic hydroxyl groups excluding tert-OH is 1. The molecule has 0 spiro atoms. The fraction of sp³-hybridized carbons (Fsp3) is 0.400. The zero-order valence-electron chi connectivity index (χ0n) is 8.92. The first-order valence-electron chi connectivity index (χ1n) is 4.93. The summed E-state index contributed by atoms with van der Waals surface area (Å²) in [5, 5.41) is 8.64. The lowest BCUT2D eigenvalue weighted by Crippen LogP contribution is -2.16. The van der Waals surface area contributed by atoms with E-state index in [1.54, 1.807) is 0 Å². The van der Waals surface area contributed by atoms with E-state index < -0.39 is 15.0 Å². The van der Waals surface area contributed by atoms with Gasteiger partial charge in [-0.25, -0.2) is 0 Å². The van der Waals surface area contributed by atoms with Crippen LogP contribution in [0.1, 0.15) is 13.3 Å². The minimum absolute atomic E-state index is 0.224. The van der Waals surface area contributed by atoms with Crippen molar-refractivity contribution in [1.29, 1.82) is 0 Å². The summed E-state index contributed by atoms with van der Waals surface area (Å²) < 4.78 is 15.1. The second-order valence-electron chi connectivity index (χ2n) is 3.47. The molecular weight excluding hydrogens is 231 g/mol. The van der Waals surface area contributed by atoms with E-state index in [0.717, 1.165) is 17.6 Å². The van der Waals surface area contributed by atoms with Gasteiger partial charge in [0.05, 0.1) is 0 Å². The van der Waals surface area contributed by atoms with Gasteiger partial charge < -0.3 is 5.11 Å². The van der Waals surface area contributed by atoms with Crippen LogP contribution in [-0.4, -0.2) is 23.4 Å². The van der Waals surface area contributed by atoms with Crippen molar-refractivity contribution < 1.29 is 23.6 Å². The third kappa shape index (κ3) is 2.34. The van der Waals surface area contributed by atoms with Crippen molar-refractivity contribution in [3.8, 4) is 0 Å². The highest BCUT2D eigenvalue weighted by Crippen LogP contribution is 2.62. The number of allylic oxidation sites excluding steroid dienone is 3. The summed E-state index contributed by atoms with van der Waals surface area (Å²) in [5.41, 5.74) is 1.81. The van der Waals surface area contributed by atoms with Gasteiger partial charge in [0.25, 0.3) is 0 Å². The molecule has 88 valence electrons. The summed E-state index contributed by atoms with van der Waals surface area (Å²) in [6.07, 6.45) is 6.71. The summed E-state index contributed by atoms with van der Waals surface area (Å²) in [6, 6.07) is 0. The first-order valence-corrected chi connectivity index (χ1v) is 6.42. The Kier molecular flexibility index (Phi) is 3.42. The molecule has 0 bridgehead atoms. The van der Waals surface area contributed by atoms with Crippen LogP contribution in [-0.2, 0) is 13.6 Å². The summed E-state index contributed by atoms with van der Waals surface area (Å²) >= 11 is 0. The fourth-order valence-electron chi connectivity index (χ4n) is 1.55. The normalized spacial score (nSPS) is 29.3. The van der Waals surface area contributed by atoms with Crippen molar-refractivity contribution in [2.75, 3.05) is 13.4 Å². The molecule has 0 aromatic carbocycles. The Morgan fingerprint density at radius 2 is 2.38 bits per heavy atom. The molecule has 6 heteroatoms. The number of aliphatic hydroxyl groups is 1. The molecule has 16 heavy (non-hydrogen) atoms. The van der Waals surface area contributed by atoms with Crippen LogP contribution in [0.4, 0.5) is 0 Å². The van der Waals surface area contributed by atoms with E-state index in [1.165, 1.54) is 0 Å². The second-order valence-corrected chi connectivity index (χ2v) is 5.11. The first kappa shape index (κ1) is 11.8. The van der Waals surface area contributed by atoms with Crippen LogP contribution >= 0.6 is 8.17 Å². The quantitative estimate of drug-likeness (QED) is 0.573. The SMILES string of the molecule is CC1=CCC=CC2=C1O[P+](O)(OCO)OC2. The topological polar surface area (TPSA) is 68.2 Å². The number of hydrogen-bond acceptors (Lipinski definition) is 5. The highest BCUT2D eigenvalue weighted by molar-refractivity contribution is 7.55. The van der Waals surface area contributed by atoms with Crippen molar-refractivity contribution >= 4 is 8.17 Å². The predicted octanol–water partition coefficient (Wildman–Crippen LogP) is 1.83. The maximum atomic E-state index is 9.82. The van der Waals surface area contributed by atoms with E-state index in [0.29, 0.717) is 5.76 Å². The third-order valence-electron chi connectivity index (χ3n) is 2.34. The van der Waals surface area contributed by atoms with Crippen LogP contribution in [0.5, 0.6) is 0 Å². The summed E-state index contributed by atoms with van der Waals surface area (Å²) in [6.45, 7) is 1.49. The van der Waals surface area contributed by atoms with Gasteiger partial charge in [-0.05, 0) is 18.9 Å². The molecule has 0 saturated heterocycles. The molecule has 0 fully saturated rings. The van der Waals surface area contributed by atoms with Crippen molar-refractivity contribution in [1.82, 2.24) is 0 Å². The minimum atomic E-state index is -3.39. The molecule has 2 aliphatic rings. The Balaban J connectivity index is 2.26. The van der Waals surface area contributed by atoms with Gasteiger partial charge in [0.15, 0.2) is 12.6 Å². The van der Waals surface area contributed by atoms with Gasteiger partial charge >= 0.3 is 8.17 Å². The molecule has 1 atom stereocenters. The monoisotopic (exact) mass is 245 g/mol. The Bertz CT molecular complexity index is 373. The van der Waals surface area contributed by atoms with Gasteiger partial charge in [0.2, 0.25) is 0 Å². The van der Waals surface area contributed by atoms with Crippen LogP contribution in [0.15, 0.2) is 35.1 Å². The van der Waals surface area contributed by atoms with E-state index in [-0.39, 0.29) is 6.61 Å². The van der Waals surface area contributed by atoms with Crippen LogP contribution in [0.3, 0.4) is 0 Å². The first-order chi connectivity index (χ1) is 7.64. The zero-order chi connectivity index (χ0) is 11.6. The minimum Gasteiger partial charge on any atom is -0.367 e. The Hall–Kier alpha value is -0.710. The highest BCUT2D eigenvalue weighted by Gasteiger charge is 2.51. The van der Waals surface area contributed by atoms with Crippen molar-refractivity contribution in [2.24, 2.45) is 0 Å². The fourth-order valence-corrected chi connectivity index (χ4v) is 2.67. The largest absolute Gasteiger partial charge is 0.621 e. The molecule has 0 aromatic rings. The molecule has 2 rings (SSSR count). The molecule has 1 heterocycles. The smallest absolute Gasteiger partial charge is 0.367 e. The summed E-state index contributed by atoms with van der Waals surface area (Å²) in [5.74, 6) is 0.587. The van der Waals surface area contributed by atoms with Crippen LogP contribution in [0.25, 0.3) is 0 Å². The average molecular weight is 245 g/mol. The molecule has 5 nitrogen and oxygen atoms in total. The maximum Gasteiger partial charge on any atom is 0.621 e. The van der Waals surface area contributed by atoms with Crippen molar-refractivity contribution in [3.05, 3.63) is 35.1 Å². The number of rotatable bonds is 2. The Morgan fingerprint density at radius 1 is 1.56 bits per heavy atom. The molecule has 0 aromatic heterocycles. The summed E-state index contributed by atoms with van der Waals surface area (Å²) in [7, 11) is -3.39. The molecule has 1 unspecified atom stereocenters. The molecular formula is C10H14O5P+. The van der Waals surface area contributed by atoms with Crippen LogP contribution in [0.2, 0.25) is 0 Å². The summed E-state index contributed by atoms with van der Waals surface area (Å²) in [4.78, 5) is 9.82. The lowest BCUT2D eigenvalue weighted by Gasteiger charge is -2.22. The van der Waals surface area contributed by atoms with Gasteiger partial charge in [-0.15, -0.1) is 9.05 Å². The third-order valence-corrected chi connectivity index (χ3v) is 3.65. The van der Waals surface area contributed by atoms with Gasteiger partial charge in [0, 0.05) is 5.57 Å². The van der Waals surface area contributed by atoms with Crippen molar-refractivity contribution in [2.45, 2.75) is 13.3 Å². The molecule has 1 aliphatic heterocycles. The Labute approximate surface area is 94.3 Å². The van der Waals surface area contributed by atoms with E-state index in [1.807, 2.05) is 25.2 Å². The van der Waals surface area contributed by atoms with Crippen molar-refractivity contribution in [3.63, 3.8) is 0 Å². The molecule has 0 saturated carbocycles. The van der Waals surface area contributed by atoms with E-state index in [2.05, 4.69) is 0 Å². The van der Waals surface area contributed by atoms with Gasteiger partial charge in [-0.2, -0.15) is 4.89 Å². The standard InChI is InChI=1S/C10H14O5P/c1-8-4-2-3-5-9-6-13-16(12,14-7-11)15-10(8)9/h3-5,11-12H,2,6-7H2,1H3/q+1. The van der Waals surface area contributed by atoms with Crippen LogP contribution < -0.4 is 0 Å². The number of hydrogen-bond donors (Lipinski definition) is 2. The van der Waals surface area contributed by atoms with E-state index in [4.69, 9.17) is 18.7 Å². The van der Waals surface area contributed by atoms with Crippen LogP contribution in [0, 0.1) is 0 Å². The average Bonchev–Trinajstić information content (AvgIpc) is 2.42. The van der Waals surface area contributed by atoms with E-state index in [9.17, 15) is 4.89 Å². The zero-order valence-corrected chi connectivity index (χ0v) is 9.81. The van der Waals surface area contributed by atoms with E-state index >= 15 is 0 Å². The molecule has 1 aliphatic carbocycles. The highest BCUT2D eigenvalue weighted by atomic mass is 31.2. The molecule has 2 N–H and O–H groups in total. The Morgan fingerprint density at radius 3 is 3.12 bits per heavy atom. The maximum absolute atomic E-state index is 9.82. The van der Waals surface area contributed by atoms with Gasteiger partial charge in [-0.3, -0.25) is 4.52 Å². The molecule has 0 radical (unpaired) electrons. The lowest BCUT2D eigenvalue weighted by atomic mass is 10.1. The van der Waals surface area contributed by atoms with Gasteiger partial charge in [0.1, 0.15) is 6.61 Å².